The van der Waals surface area contributed by atoms with Crippen LogP contribution in [0.3, 0.4) is 0 Å². The summed E-state index contributed by atoms with van der Waals surface area (Å²) in [4.78, 5) is 17.0. The molecule has 1 amide bonds. The molecule has 112 valence electrons. The average Bonchev–Trinajstić information content (AvgIpc) is 2.82. The van der Waals surface area contributed by atoms with Gasteiger partial charge in [0.15, 0.2) is 4.47 Å². The van der Waals surface area contributed by atoms with Crippen molar-refractivity contribution in [1.29, 1.82) is 0 Å². The predicted octanol–water partition coefficient (Wildman–Crippen LogP) is 3.86. The minimum atomic E-state index is -0.0473. The van der Waals surface area contributed by atoms with Crippen molar-refractivity contribution in [2.75, 3.05) is 5.32 Å². The molecule has 21 heavy (non-hydrogen) atoms. The van der Waals surface area contributed by atoms with Gasteiger partial charge in [-0.15, -0.1) is 11.3 Å². The number of rotatable bonds is 5. The molecule has 0 spiro atoms. The molecular formula is C15H18ClN3OS. The van der Waals surface area contributed by atoms with E-state index in [9.17, 15) is 4.79 Å². The highest BCUT2D eigenvalue weighted by molar-refractivity contribution is 7.15. The van der Waals surface area contributed by atoms with Crippen LogP contribution in [-0.2, 0) is 6.54 Å². The van der Waals surface area contributed by atoms with E-state index in [1.807, 2.05) is 39.0 Å². The third-order valence-corrected chi connectivity index (χ3v) is 4.00. The molecule has 0 aliphatic carbocycles. The first-order valence-electron chi connectivity index (χ1n) is 6.71. The lowest BCUT2D eigenvalue weighted by Gasteiger charge is -2.12. The molecule has 4 nitrogen and oxygen atoms in total. The van der Waals surface area contributed by atoms with Gasteiger partial charge in [0.05, 0.1) is 6.54 Å². The zero-order chi connectivity index (χ0) is 15.4. The SMILES string of the molecule is Cc1cc(C(=O)NC(C)C)ccc1NCc1cnc(Cl)s1. The molecular weight excluding hydrogens is 306 g/mol. The second-order valence-electron chi connectivity index (χ2n) is 5.09. The molecule has 0 aliphatic heterocycles. The third-order valence-electron chi connectivity index (χ3n) is 2.89. The van der Waals surface area contributed by atoms with E-state index in [1.54, 1.807) is 6.20 Å². The second kappa shape index (κ2) is 6.91. The first-order valence-corrected chi connectivity index (χ1v) is 7.90. The number of nitrogens with one attached hydrogen (secondary N) is 2. The first kappa shape index (κ1) is 15.8. The van der Waals surface area contributed by atoms with E-state index in [4.69, 9.17) is 11.6 Å². The highest BCUT2D eigenvalue weighted by Gasteiger charge is 2.09. The fourth-order valence-corrected chi connectivity index (χ4v) is 2.81. The quantitative estimate of drug-likeness (QED) is 0.878. The summed E-state index contributed by atoms with van der Waals surface area (Å²) in [7, 11) is 0. The van der Waals surface area contributed by atoms with Crippen molar-refractivity contribution in [3.63, 3.8) is 0 Å². The molecule has 1 heterocycles. The molecule has 2 N–H and O–H groups in total. The number of carbonyl (C=O) groups is 1. The summed E-state index contributed by atoms with van der Waals surface area (Å²) in [5.41, 5.74) is 2.70. The average molecular weight is 324 g/mol. The lowest BCUT2D eigenvalue weighted by Crippen LogP contribution is -2.30. The van der Waals surface area contributed by atoms with Crippen molar-refractivity contribution < 1.29 is 4.79 Å². The number of hydrogen-bond acceptors (Lipinski definition) is 4. The van der Waals surface area contributed by atoms with Crippen molar-refractivity contribution in [2.45, 2.75) is 33.4 Å². The van der Waals surface area contributed by atoms with Crippen LogP contribution in [0.1, 0.15) is 34.6 Å². The Hall–Kier alpha value is -1.59. The van der Waals surface area contributed by atoms with Crippen molar-refractivity contribution in [3.05, 3.63) is 44.9 Å². The van der Waals surface area contributed by atoms with Gasteiger partial charge in [0.2, 0.25) is 0 Å². The second-order valence-corrected chi connectivity index (χ2v) is 6.79. The molecule has 0 radical (unpaired) electrons. The number of thiazole rings is 1. The number of aryl methyl sites for hydroxylation is 1. The van der Waals surface area contributed by atoms with Crippen molar-refractivity contribution in [1.82, 2.24) is 10.3 Å². The van der Waals surface area contributed by atoms with Crippen molar-refractivity contribution >= 4 is 34.5 Å². The molecule has 0 bridgehead atoms. The van der Waals surface area contributed by atoms with Gasteiger partial charge in [0, 0.05) is 28.4 Å². The molecule has 0 fully saturated rings. The van der Waals surface area contributed by atoms with E-state index in [2.05, 4.69) is 15.6 Å². The fraction of sp³-hybridized carbons (Fsp3) is 0.333. The summed E-state index contributed by atoms with van der Waals surface area (Å²) in [6.45, 7) is 6.54. The number of amides is 1. The number of benzene rings is 1. The van der Waals surface area contributed by atoms with Gasteiger partial charge < -0.3 is 10.6 Å². The van der Waals surface area contributed by atoms with Crippen LogP contribution in [0.25, 0.3) is 0 Å². The molecule has 2 aromatic rings. The minimum absolute atomic E-state index is 0.0473. The highest BCUT2D eigenvalue weighted by atomic mass is 35.5. The monoisotopic (exact) mass is 323 g/mol. The zero-order valence-corrected chi connectivity index (χ0v) is 13.8. The minimum Gasteiger partial charge on any atom is -0.380 e. The number of halogens is 1. The Morgan fingerprint density at radius 2 is 2.19 bits per heavy atom. The van der Waals surface area contributed by atoms with E-state index in [1.165, 1.54) is 11.3 Å². The van der Waals surface area contributed by atoms with Gasteiger partial charge in [0.25, 0.3) is 5.91 Å². The van der Waals surface area contributed by atoms with Crippen LogP contribution in [0, 0.1) is 6.92 Å². The van der Waals surface area contributed by atoms with Crippen molar-refractivity contribution in [2.24, 2.45) is 0 Å². The normalized spacial score (nSPS) is 10.7. The summed E-state index contributed by atoms with van der Waals surface area (Å²) in [5, 5.41) is 6.22. The van der Waals surface area contributed by atoms with Gasteiger partial charge in [-0.05, 0) is 44.5 Å². The van der Waals surface area contributed by atoms with Crippen LogP contribution in [-0.4, -0.2) is 16.9 Å². The van der Waals surface area contributed by atoms with Crippen LogP contribution >= 0.6 is 22.9 Å². The van der Waals surface area contributed by atoms with Gasteiger partial charge in [-0.2, -0.15) is 0 Å². The van der Waals surface area contributed by atoms with E-state index in [0.717, 1.165) is 16.1 Å². The third kappa shape index (κ3) is 4.44. The summed E-state index contributed by atoms with van der Waals surface area (Å²) >= 11 is 7.26. The van der Waals surface area contributed by atoms with Gasteiger partial charge in [-0.25, -0.2) is 4.98 Å². The van der Waals surface area contributed by atoms with Gasteiger partial charge in [-0.1, -0.05) is 11.6 Å². The summed E-state index contributed by atoms with van der Waals surface area (Å²) in [6.07, 6.45) is 1.76. The lowest BCUT2D eigenvalue weighted by atomic mass is 10.1. The molecule has 0 atom stereocenters. The first-order chi connectivity index (χ1) is 9.95. The number of nitrogens with zero attached hydrogens (tertiary/aromatic N) is 1. The maximum Gasteiger partial charge on any atom is 0.251 e. The Kier molecular flexibility index (Phi) is 5.20. The van der Waals surface area contributed by atoms with Crippen molar-refractivity contribution in [3.8, 4) is 0 Å². The van der Waals surface area contributed by atoms with Crippen LogP contribution in [0.4, 0.5) is 5.69 Å². The predicted molar refractivity (Wildman–Crippen MR) is 88.2 cm³/mol. The maximum atomic E-state index is 11.9. The highest BCUT2D eigenvalue weighted by Crippen LogP contribution is 2.21. The Bertz CT molecular complexity index is 640. The number of aromatic nitrogens is 1. The zero-order valence-electron chi connectivity index (χ0n) is 12.2. The van der Waals surface area contributed by atoms with Crippen LogP contribution < -0.4 is 10.6 Å². The van der Waals surface area contributed by atoms with Gasteiger partial charge >= 0.3 is 0 Å². The number of anilines is 1. The molecule has 0 saturated heterocycles. The fourth-order valence-electron chi connectivity index (χ4n) is 1.90. The molecule has 0 unspecified atom stereocenters. The molecule has 1 aromatic heterocycles. The van der Waals surface area contributed by atoms with Crippen LogP contribution in [0.5, 0.6) is 0 Å². The maximum absolute atomic E-state index is 11.9. The van der Waals surface area contributed by atoms with Gasteiger partial charge in [-0.3, -0.25) is 4.79 Å². The Balaban J connectivity index is 2.03. The topological polar surface area (TPSA) is 54.0 Å². The molecule has 6 heteroatoms. The summed E-state index contributed by atoms with van der Waals surface area (Å²) in [6, 6.07) is 5.77. The molecule has 0 aliphatic rings. The van der Waals surface area contributed by atoms with E-state index in [-0.39, 0.29) is 11.9 Å². The Morgan fingerprint density at radius 1 is 1.43 bits per heavy atom. The summed E-state index contributed by atoms with van der Waals surface area (Å²) < 4.78 is 0.546. The molecule has 2 rings (SSSR count). The summed E-state index contributed by atoms with van der Waals surface area (Å²) in [5.74, 6) is -0.0473. The largest absolute Gasteiger partial charge is 0.380 e. The van der Waals surface area contributed by atoms with E-state index < -0.39 is 0 Å². The lowest BCUT2D eigenvalue weighted by molar-refractivity contribution is 0.0943. The van der Waals surface area contributed by atoms with E-state index in [0.29, 0.717) is 16.6 Å². The Labute approximate surface area is 133 Å². The van der Waals surface area contributed by atoms with Gasteiger partial charge in [0.1, 0.15) is 0 Å². The standard InChI is InChI=1S/C15H18ClN3OS/c1-9(2)19-14(20)11-4-5-13(10(3)6-11)17-7-12-8-18-15(16)21-12/h4-6,8-9,17H,7H2,1-3H3,(H,19,20). The number of carbonyl (C=O) groups excluding carboxylic acids is 1. The Morgan fingerprint density at radius 3 is 2.76 bits per heavy atom. The van der Waals surface area contributed by atoms with Crippen LogP contribution in [0.2, 0.25) is 4.47 Å². The molecule has 1 aromatic carbocycles. The van der Waals surface area contributed by atoms with E-state index >= 15 is 0 Å². The molecule has 0 saturated carbocycles. The number of hydrogen-bond donors (Lipinski definition) is 2. The van der Waals surface area contributed by atoms with Crippen LogP contribution in [0.15, 0.2) is 24.4 Å². The smallest absolute Gasteiger partial charge is 0.251 e.